The summed E-state index contributed by atoms with van der Waals surface area (Å²) in [4.78, 5) is 17.0. The number of nitrogens with one attached hydrogen (secondary N) is 1. The first-order valence-electron chi connectivity index (χ1n) is 8.03. The lowest BCUT2D eigenvalue weighted by atomic mass is 10.1. The van der Waals surface area contributed by atoms with Crippen molar-refractivity contribution in [3.8, 4) is 11.3 Å². The number of rotatable bonds is 3. The Kier molecular flexibility index (Phi) is 4.26. The SMILES string of the molecule is Cc1ccc(-c2csc(NC(=O)c3cc4cc(Cl)ccc4o3)n2)cc1C. The first-order chi connectivity index (χ1) is 12.5. The van der Waals surface area contributed by atoms with Crippen LogP contribution in [0.2, 0.25) is 5.02 Å². The zero-order chi connectivity index (χ0) is 18.3. The molecule has 2 aromatic carbocycles. The third-order valence-electron chi connectivity index (χ3n) is 4.23. The summed E-state index contributed by atoms with van der Waals surface area (Å²) in [6.45, 7) is 4.15. The highest BCUT2D eigenvalue weighted by Gasteiger charge is 2.15. The largest absolute Gasteiger partial charge is 0.451 e. The van der Waals surface area contributed by atoms with Gasteiger partial charge in [0.15, 0.2) is 10.9 Å². The van der Waals surface area contributed by atoms with Crippen LogP contribution in [0.1, 0.15) is 21.7 Å². The molecule has 26 heavy (non-hydrogen) atoms. The van der Waals surface area contributed by atoms with Gasteiger partial charge in [0.1, 0.15) is 5.58 Å². The van der Waals surface area contributed by atoms with Gasteiger partial charge in [0.25, 0.3) is 5.91 Å². The standard InChI is InChI=1S/C20H15ClN2O2S/c1-11-3-4-13(7-12(11)2)16-10-26-20(22-16)23-19(24)18-9-14-8-15(21)5-6-17(14)25-18/h3-10H,1-2H3,(H,22,23,24). The number of anilines is 1. The van der Waals surface area contributed by atoms with Crippen LogP contribution in [0.25, 0.3) is 22.2 Å². The van der Waals surface area contributed by atoms with Crippen LogP contribution < -0.4 is 5.32 Å². The lowest BCUT2D eigenvalue weighted by molar-refractivity contribution is 0.0998. The van der Waals surface area contributed by atoms with Crippen LogP contribution >= 0.6 is 22.9 Å². The Balaban J connectivity index is 1.56. The molecule has 0 atom stereocenters. The van der Waals surface area contributed by atoms with Gasteiger partial charge < -0.3 is 4.42 Å². The van der Waals surface area contributed by atoms with Gasteiger partial charge in [-0.2, -0.15) is 0 Å². The summed E-state index contributed by atoms with van der Waals surface area (Å²) in [6, 6.07) is 13.1. The Labute approximate surface area is 159 Å². The van der Waals surface area contributed by atoms with Crippen molar-refractivity contribution in [2.75, 3.05) is 5.32 Å². The maximum Gasteiger partial charge on any atom is 0.293 e. The zero-order valence-electron chi connectivity index (χ0n) is 14.2. The van der Waals surface area contributed by atoms with Gasteiger partial charge in [-0.05, 0) is 55.3 Å². The fourth-order valence-electron chi connectivity index (χ4n) is 2.65. The number of thiazole rings is 1. The second-order valence-corrected chi connectivity index (χ2v) is 7.38. The molecule has 1 amide bonds. The van der Waals surface area contributed by atoms with Crippen molar-refractivity contribution >= 4 is 44.9 Å². The highest BCUT2D eigenvalue weighted by molar-refractivity contribution is 7.14. The monoisotopic (exact) mass is 382 g/mol. The highest BCUT2D eigenvalue weighted by atomic mass is 35.5. The predicted octanol–water partition coefficient (Wildman–Crippen LogP) is 6.08. The number of nitrogens with zero attached hydrogens (tertiary/aromatic N) is 1. The molecule has 2 heterocycles. The number of furan rings is 1. The van der Waals surface area contributed by atoms with Gasteiger partial charge in [0, 0.05) is 21.4 Å². The molecule has 0 aliphatic carbocycles. The number of hydrogen-bond acceptors (Lipinski definition) is 4. The van der Waals surface area contributed by atoms with Crippen molar-refractivity contribution < 1.29 is 9.21 Å². The molecule has 0 aliphatic rings. The van der Waals surface area contributed by atoms with E-state index in [1.807, 2.05) is 11.4 Å². The number of halogens is 1. The van der Waals surface area contributed by atoms with E-state index in [2.05, 4.69) is 36.3 Å². The summed E-state index contributed by atoms with van der Waals surface area (Å²) in [6.07, 6.45) is 0. The first kappa shape index (κ1) is 16.8. The second kappa shape index (κ2) is 6.59. The van der Waals surface area contributed by atoms with Crippen LogP contribution in [0.3, 0.4) is 0 Å². The average Bonchev–Trinajstić information content (AvgIpc) is 3.23. The Morgan fingerprint density at radius 3 is 2.77 bits per heavy atom. The molecule has 0 spiro atoms. The Morgan fingerprint density at radius 1 is 1.12 bits per heavy atom. The minimum Gasteiger partial charge on any atom is -0.451 e. The maximum absolute atomic E-state index is 12.4. The number of carbonyl (C=O) groups is 1. The van der Waals surface area contributed by atoms with Crippen molar-refractivity contribution in [3.63, 3.8) is 0 Å². The zero-order valence-corrected chi connectivity index (χ0v) is 15.7. The molecule has 4 rings (SSSR count). The van der Waals surface area contributed by atoms with Crippen molar-refractivity contribution in [1.29, 1.82) is 0 Å². The molecule has 2 aromatic heterocycles. The molecule has 4 nitrogen and oxygen atoms in total. The smallest absolute Gasteiger partial charge is 0.293 e. The van der Waals surface area contributed by atoms with Gasteiger partial charge in [0.05, 0.1) is 5.69 Å². The first-order valence-corrected chi connectivity index (χ1v) is 9.29. The maximum atomic E-state index is 12.4. The number of carbonyl (C=O) groups excluding carboxylic acids is 1. The summed E-state index contributed by atoms with van der Waals surface area (Å²) in [5.74, 6) is -0.108. The molecule has 0 radical (unpaired) electrons. The van der Waals surface area contributed by atoms with E-state index in [-0.39, 0.29) is 11.7 Å². The molecular formula is C20H15ClN2O2S. The highest BCUT2D eigenvalue weighted by Crippen LogP contribution is 2.28. The molecule has 0 fully saturated rings. The Morgan fingerprint density at radius 2 is 1.96 bits per heavy atom. The molecule has 1 N–H and O–H groups in total. The Bertz CT molecular complexity index is 1130. The fourth-order valence-corrected chi connectivity index (χ4v) is 3.54. The van der Waals surface area contributed by atoms with Gasteiger partial charge >= 0.3 is 0 Å². The lowest BCUT2D eigenvalue weighted by Gasteiger charge is -2.02. The molecule has 130 valence electrons. The van der Waals surface area contributed by atoms with E-state index in [9.17, 15) is 4.79 Å². The van der Waals surface area contributed by atoms with Crippen LogP contribution in [0.4, 0.5) is 5.13 Å². The van der Waals surface area contributed by atoms with Crippen molar-refractivity contribution in [3.05, 3.63) is 69.8 Å². The van der Waals surface area contributed by atoms with Crippen LogP contribution in [0, 0.1) is 13.8 Å². The number of amides is 1. The van der Waals surface area contributed by atoms with E-state index in [4.69, 9.17) is 16.0 Å². The molecule has 0 bridgehead atoms. The number of fused-ring (bicyclic) bond motifs is 1. The fraction of sp³-hybridized carbons (Fsp3) is 0.100. The summed E-state index contributed by atoms with van der Waals surface area (Å²) in [5.41, 5.74) is 4.94. The van der Waals surface area contributed by atoms with Gasteiger partial charge in [-0.25, -0.2) is 4.98 Å². The van der Waals surface area contributed by atoms with E-state index in [0.717, 1.165) is 16.6 Å². The van der Waals surface area contributed by atoms with E-state index < -0.39 is 0 Å². The molecular weight excluding hydrogens is 368 g/mol. The predicted molar refractivity (Wildman–Crippen MR) is 106 cm³/mol. The van der Waals surface area contributed by atoms with Gasteiger partial charge in [-0.3, -0.25) is 10.1 Å². The molecule has 4 aromatic rings. The number of aromatic nitrogens is 1. The second-order valence-electron chi connectivity index (χ2n) is 6.08. The van der Waals surface area contributed by atoms with Gasteiger partial charge in [-0.1, -0.05) is 23.7 Å². The van der Waals surface area contributed by atoms with Crippen molar-refractivity contribution in [1.82, 2.24) is 4.98 Å². The summed E-state index contributed by atoms with van der Waals surface area (Å²) >= 11 is 7.35. The third kappa shape index (κ3) is 3.23. The van der Waals surface area contributed by atoms with Gasteiger partial charge in [0.2, 0.25) is 0 Å². The molecule has 0 saturated carbocycles. The number of benzene rings is 2. The molecule has 0 aliphatic heterocycles. The lowest BCUT2D eigenvalue weighted by Crippen LogP contribution is -2.10. The Hall–Kier alpha value is -2.63. The van der Waals surface area contributed by atoms with Crippen LogP contribution in [0.5, 0.6) is 0 Å². The van der Waals surface area contributed by atoms with Crippen LogP contribution in [-0.4, -0.2) is 10.9 Å². The summed E-state index contributed by atoms with van der Waals surface area (Å²) in [7, 11) is 0. The van der Waals surface area contributed by atoms with Crippen molar-refractivity contribution in [2.24, 2.45) is 0 Å². The number of aryl methyl sites for hydroxylation is 2. The summed E-state index contributed by atoms with van der Waals surface area (Å²) < 4.78 is 5.58. The molecule has 0 saturated heterocycles. The van der Waals surface area contributed by atoms with Crippen LogP contribution in [-0.2, 0) is 0 Å². The quantitative estimate of drug-likeness (QED) is 0.467. The minimum absolute atomic E-state index is 0.227. The normalized spacial score (nSPS) is 11.0. The van der Waals surface area contributed by atoms with Gasteiger partial charge in [-0.15, -0.1) is 11.3 Å². The average molecular weight is 383 g/mol. The van der Waals surface area contributed by atoms with E-state index in [1.54, 1.807) is 24.3 Å². The number of hydrogen-bond donors (Lipinski definition) is 1. The topological polar surface area (TPSA) is 55.1 Å². The van der Waals surface area contributed by atoms with E-state index >= 15 is 0 Å². The summed E-state index contributed by atoms with van der Waals surface area (Å²) in [5, 5.41) is 6.64. The molecule has 6 heteroatoms. The van der Waals surface area contributed by atoms with E-state index in [0.29, 0.717) is 15.7 Å². The molecule has 0 unspecified atom stereocenters. The van der Waals surface area contributed by atoms with Crippen molar-refractivity contribution in [2.45, 2.75) is 13.8 Å². The van der Waals surface area contributed by atoms with Crippen LogP contribution in [0.15, 0.2) is 52.3 Å². The minimum atomic E-state index is -0.335. The van der Waals surface area contributed by atoms with E-state index in [1.165, 1.54) is 22.5 Å². The third-order valence-corrected chi connectivity index (χ3v) is 5.22.